The predicted molar refractivity (Wildman–Crippen MR) is 87.8 cm³/mol. The second-order valence-electron chi connectivity index (χ2n) is 4.82. The Balaban J connectivity index is 0.000000160. The number of hydrogen-bond donors (Lipinski definition) is 0. The molecule has 0 saturated carbocycles. The second kappa shape index (κ2) is 8.62. The number of nitrogens with zero attached hydrogens (tertiary/aromatic N) is 3. The lowest BCUT2D eigenvalue weighted by molar-refractivity contribution is 0.173. The van der Waals surface area contributed by atoms with Gasteiger partial charge < -0.3 is 18.8 Å². The molecule has 1 fully saturated rings. The summed E-state index contributed by atoms with van der Waals surface area (Å²) >= 11 is 1.74. The zero-order valence-electron chi connectivity index (χ0n) is 12.9. The van der Waals surface area contributed by atoms with Gasteiger partial charge in [-0.3, -0.25) is 4.57 Å². The van der Waals surface area contributed by atoms with Gasteiger partial charge in [0.2, 0.25) is 0 Å². The smallest absolute Gasteiger partial charge is 0.378 e. The van der Waals surface area contributed by atoms with Gasteiger partial charge in [0.1, 0.15) is 6.61 Å². The highest BCUT2D eigenvalue weighted by Gasteiger charge is 2.32. The summed E-state index contributed by atoms with van der Waals surface area (Å²) in [5, 5.41) is 6.80. The van der Waals surface area contributed by atoms with Crippen molar-refractivity contribution in [1.29, 1.82) is 0 Å². The minimum absolute atomic E-state index is 0.363. The van der Waals surface area contributed by atoms with Gasteiger partial charge in [0.25, 0.3) is 0 Å². The first-order valence-corrected chi connectivity index (χ1v) is 9.67. The van der Waals surface area contributed by atoms with Gasteiger partial charge in [-0.1, -0.05) is 5.16 Å². The highest BCUT2D eigenvalue weighted by Crippen LogP contribution is 2.50. The summed E-state index contributed by atoms with van der Waals surface area (Å²) in [7, 11) is -0.455. The van der Waals surface area contributed by atoms with Crippen LogP contribution < -0.4 is 4.90 Å². The predicted octanol–water partition coefficient (Wildman–Crippen LogP) is 3.34. The fourth-order valence-electron chi connectivity index (χ4n) is 2.23. The molecule has 0 spiro atoms. The van der Waals surface area contributed by atoms with Gasteiger partial charge in [-0.05, 0) is 19.3 Å². The maximum atomic E-state index is 11.5. The zero-order chi connectivity index (χ0) is 15.8. The topological polar surface area (TPSA) is 73.2 Å². The molecule has 9 heteroatoms. The van der Waals surface area contributed by atoms with Gasteiger partial charge in [-0.25, -0.2) is 4.98 Å². The van der Waals surface area contributed by atoms with E-state index in [1.54, 1.807) is 11.3 Å². The Labute approximate surface area is 134 Å². The van der Waals surface area contributed by atoms with Crippen molar-refractivity contribution in [2.45, 2.75) is 25.7 Å². The summed E-state index contributed by atoms with van der Waals surface area (Å²) in [6.45, 7) is 2.85. The van der Waals surface area contributed by atoms with Crippen molar-refractivity contribution >= 4 is 29.5 Å². The minimum Gasteiger partial charge on any atom is -0.395 e. The molecule has 0 atom stereocenters. The minimum atomic E-state index is -3.10. The first-order valence-electron chi connectivity index (χ1n) is 7.25. The zero-order valence-corrected chi connectivity index (χ0v) is 14.6. The van der Waals surface area contributed by atoms with Gasteiger partial charge in [-0.15, -0.1) is 11.3 Å². The molecule has 0 unspecified atom stereocenters. The van der Waals surface area contributed by atoms with Crippen molar-refractivity contribution in [1.82, 2.24) is 4.98 Å². The maximum Gasteiger partial charge on any atom is 0.378 e. The molecule has 0 bridgehead atoms. The molecule has 0 N–H and O–H groups in total. The third-order valence-corrected chi connectivity index (χ3v) is 6.16. The Bertz CT molecular complexity index is 509. The van der Waals surface area contributed by atoms with E-state index in [0.29, 0.717) is 18.5 Å². The number of rotatable bonds is 4. The van der Waals surface area contributed by atoms with Crippen molar-refractivity contribution in [3.63, 3.8) is 0 Å². The summed E-state index contributed by atoms with van der Waals surface area (Å²) in [6.07, 6.45) is 6.45. The Morgan fingerprint density at radius 3 is 2.50 bits per heavy atom. The third-order valence-electron chi connectivity index (χ3n) is 3.43. The van der Waals surface area contributed by atoms with Crippen LogP contribution in [0.5, 0.6) is 0 Å². The Morgan fingerprint density at radius 1 is 1.27 bits per heavy atom. The van der Waals surface area contributed by atoms with Crippen LogP contribution in [0.4, 0.5) is 5.13 Å². The van der Waals surface area contributed by atoms with Gasteiger partial charge in [0.05, 0.1) is 0 Å². The molecule has 7 nitrogen and oxygen atoms in total. The van der Waals surface area contributed by atoms with Crippen LogP contribution in [0, 0.1) is 0 Å². The highest BCUT2D eigenvalue weighted by atomic mass is 32.1. The number of oxime groups is 1. The van der Waals surface area contributed by atoms with E-state index in [-0.39, 0.29) is 0 Å². The summed E-state index contributed by atoms with van der Waals surface area (Å²) in [6, 6.07) is 0. The number of aromatic nitrogens is 1. The SMILES string of the molecule is COP(=O)(OC)C1=NOCC1.c1csc(N2CCCCC2)n1. The van der Waals surface area contributed by atoms with Gasteiger partial charge in [-0.2, -0.15) is 0 Å². The number of anilines is 1. The molecule has 22 heavy (non-hydrogen) atoms. The molecular weight excluding hydrogens is 325 g/mol. The van der Waals surface area contributed by atoms with Crippen molar-refractivity contribution in [2.75, 3.05) is 38.8 Å². The fourth-order valence-corrected chi connectivity index (χ4v) is 4.02. The summed E-state index contributed by atoms with van der Waals surface area (Å²) in [5.41, 5.74) is 0.363. The van der Waals surface area contributed by atoms with E-state index in [4.69, 9.17) is 9.05 Å². The van der Waals surface area contributed by atoms with Crippen LogP contribution in [-0.4, -0.2) is 44.4 Å². The molecule has 0 amide bonds. The normalized spacial score (nSPS) is 18.3. The molecule has 2 aliphatic heterocycles. The summed E-state index contributed by atoms with van der Waals surface area (Å²) in [4.78, 5) is 11.3. The number of piperidine rings is 1. The van der Waals surface area contributed by atoms with Crippen molar-refractivity contribution in [3.05, 3.63) is 11.6 Å². The van der Waals surface area contributed by atoms with Crippen LogP contribution in [0.3, 0.4) is 0 Å². The molecule has 3 rings (SSSR count). The van der Waals surface area contributed by atoms with E-state index in [9.17, 15) is 4.57 Å². The van der Waals surface area contributed by atoms with E-state index in [0.717, 1.165) is 0 Å². The largest absolute Gasteiger partial charge is 0.395 e. The summed E-state index contributed by atoms with van der Waals surface area (Å²) < 4.78 is 20.9. The van der Waals surface area contributed by atoms with Crippen molar-refractivity contribution in [2.24, 2.45) is 5.16 Å². The van der Waals surface area contributed by atoms with Crippen LogP contribution >= 0.6 is 18.9 Å². The average molecular weight is 347 g/mol. The summed E-state index contributed by atoms with van der Waals surface area (Å²) in [5.74, 6) is 0. The molecular formula is C13H22N3O4PS. The van der Waals surface area contributed by atoms with E-state index in [2.05, 4.69) is 19.9 Å². The molecule has 0 aliphatic carbocycles. The molecule has 124 valence electrons. The number of hydrogen-bond acceptors (Lipinski definition) is 8. The Morgan fingerprint density at radius 2 is 2.00 bits per heavy atom. The van der Waals surface area contributed by atoms with E-state index in [1.807, 2.05) is 11.6 Å². The third kappa shape index (κ3) is 4.52. The lowest BCUT2D eigenvalue weighted by Gasteiger charge is -2.25. The van der Waals surface area contributed by atoms with Crippen LogP contribution in [0.2, 0.25) is 0 Å². The number of thiazole rings is 1. The molecule has 1 saturated heterocycles. The first kappa shape index (κ1) is 17.4. The molecule has 0 radical (unpaired) electrons. The highest BCUT2D eigenvalue weighted by molar-refractivity contribution is 7.72. The molecule has 2 aliphatic rings. The molecule has 3 heterocycles. The van der Waals surface area contributed by atoms with Gasteiger partial charge in [0, 0.05) is 45.3 Å². The van der Waals surface area contributed by atoms with Crippen molar-refractivity contribution < 1.29 is 18.5 Å². The lowest BCUT2D eigenvalue weighted by atomic mass is 10.1. The van der Waals surface area contributed by atoms with Crippen LogP contribution in [0.1, 0.15) is 25.7 Å². The standard InChI is InChI=1S/C8H12N2S.C5H10NO4P/c1-2-5-10(6-3-1)8-9-4-7-11-8;1-8-11(7,9-2)5-3-4-10-6-5/h4,7H,1-3,5-6H2;3-4H2,1-2H3. The van der Waals surface area contributed by atoms with Crippen LogP contribution in [0.25, 0.3) is 0 Å². The van der Waals surface area contributed by atoms with Crippen LogP contribution in [-0.2, 0) is 18.5 Å². The van der Waals surface area contributed by atoms with E-state index in [1.165, 1.54) is 51.7 Å². The molecule has 1 aromatic heterocycles. The second-order valence-corrected chi connectivity index (χ2v) is 7.93. The lowest BCUT2D eigenvalue weighted by Crippen LogP contribution is -2.29. The average Bonchev–Trinajstić information content (AvgIpc) is 3.29. The van der Waals surface area contributed by atoms with E-state index >= 15 is 0 Å². The van der Waals surface area contributed by atoms with Gasteiger partial charge >= 0.3 is 7.60 Å². The molecule has 0 aromatic carbocycles. The Hall–Kier alpha value is -0.950. The Kier molecular flexibility index (Phi) is 6.82. The van der Waals surface area contributed by atoms with Crippen LogP contribution in [0.15, 0.2) is 16.7 Å². The quantitative estimate of drug-likeness (QED) is 0.778. The van der Waals surface area contributed by atoms with Crippen molar-refractivity contribution in [3.8, 4) is 0 Å². The van der Waals surface area contributed by atoms with Gasteiger partial charge in [0.15, 0.2) is 10.6 Å². The monoisotopic (exact) mass is 347 g/mol. The fraction of sp³-hybridized carbons (Fsp3) is 0.692. The molecule has 1 aromatic rings. The van der Waals surface area contributed by atoms with E-state index < -0.39 is 7.60 Å². The first-order chi connectivity index (χ1) is 10.7. The maximum absolute atomic E-state index is 11.5.